The number of carbonyl (C=O) groups is 1. The summed E-state index contributed by atoms with van der Waals surface area (Å²) in [5.41, 5.74) is 5.44. The molecule has 1 aliphatic rings. The average Bonchev–Trinajstić information content (AvgIpc) is 2.26. The first-order valence-electron chi connectivity index (χ1n) is 7.44. The van der Waals surface area contributed by atoms with E-state index < -0.39 is 5.60 Å². The number of nitrogens with zero attached hydrogens (tertiary/aromatic N) is 1. The fraction of sp³-hybridized carbons (Fsp3) is 0.933. The lowest BCUT2D eigenvalue weighted by molar-refractivity contribution is -0.00252. The molecule has 1 saturated heterocycles. The summed E-state index contributed by atoms with van der Waals surface area (Å²) in [7, 11) is 0. The van der Waals surface area contributed by atoms with Gasteiger partial charge in [-0.25, -0.2) is 4.79 Å². The van der Waals surface area contributed by atoms with Crippen molar-refractivity contribution in [3.63, 3.8) is 0 Å². The van der Waals surface area contributed by atoms with Gasteiger partial charge >= 0.3 is 6.09 Å². The molecule has 1 rings (SSSR count). The Morgan fingerprint density at radius 1 is 1.42 bits per heavy atom. The second kappa shape index (κ2) is 6.60. The number of piperidine rings is 1. The summed E-state index contributed by atoms with van der Waals surface area (Å²) in [5.74, 6) is 0.964. The molecule has 2 atom stereocenters. The number of hydrogen-bond donors (Lipinski definition) is 1. The molecular weight excluding hydrogens is 240 g/mol. The van der Waals surface area contributed by atoms with E-state index in [1.54, 1.807) is 0 Å². The van der Waals surface area contributed by atoms with E-state index in [1.165, 1.54) is 0 Å². The highest BCUT2D eigenvalue weighted by Crippen LogP contribution is 2.29. The van der Waals surface area contributed by atoms with Crippen molar-refractivity contribution in [3.05, 3.63) is 0 Å². The van der Waals surface area contributed by atoms with Gasteiger partial charge in [-0.3, -0.25) is 0 Å². The zero-order valence-electron chi connectivity index (χ0n) is 13.1. The standard InChI is InChI=1S/C15H30N2O2/c1-11(2)9-13-12(10-16)7-6-8-17(13)14(18)19-15(3,4)5/h11-13H,6-10,16H2,1-5H3. The lowest BCUT2D eigenvalue weighted by atomic mass is 9.84. The molecule has 0 saturated carbocycles. The maximum absolute atomic E-state index is 12.3. The van der Waals surface area contributed by atoms with Crippen molar-refractivity contribution >= 4 is 6.09 Å². The highest BCUT2D eigenvalue weighted by atomic mass is 16.6. The molecule has 4 nitrogen and oxygen atoms in total. The van der Waals surface area contributed by atoms with Crippen LogP contribution in [0.5, 0.6) is 0 Å². The monoisotopic (exact) mass is 270 g/mol. The van der Waals surface area contributed by atoms with Crippen LogP contribution in [0, 0.1) is 11.8 Å². The van der Waals surface area contributed by atoms with E-state index in [0.717, 1.165) is 25.8 Å². The van der Waals surface area contributed by atoms with Crippen LogP contribution in [0.25, 0.3) is 0 Å². The molecule has 0 aromatic carbocycles. The first-order valence-corrected chi connectivity index (χ1v) is 7.44. The van der Waals surface area contributed by atoms with Gasteiger partial charge in [-0.2, -0.15) is 0 Å². The number of amides is 1. The first kappa shape index (κ1) is 16.3. The van der Waals surface area contributed by atoms with Gasteiger partial charge in [0, 0.05) is 12.6 Å². The maximum atomic E-state index is 12.3. The summed E-state index contributed by atoms with van der Waals surface area (Å²) in [6.45, 7) is 11.6. The molecule has 2 unspecified atom stereocenters. The van der Waals surface area contributed by atoms with Gasteiger partial charge in [0.05, 0.1) is 0 Å². The minimum absolute atomic E-state index is 0.184. The van der Waals surface area contributed by atoms with E-state index in [1.807, 2.05) is 25.7 Å². The number of likely N-dealkylation sites (tertiary alicyclic amines) is 1. The molecular formula is C15H30N2O2. The third kappa shape index (κ3) is 5.01. The molecule has 0 radical (unpaired) electrons. The van der Waals surface area contributed by atoms with Gasteiger partial charge in [-0.1, -0.05) is 13.8 Å². The van der Waals surface area contributed by atoms with Crippen molar-refractivity contribution in [1.29, 1.82) is 0 Å². The molecule has 1 aliphatic heterocycles. The van der Waals surface area contributed by atoms with Crippen LogP contribution >= 0.6 is 0 Å². The van der Waals surface area contributed by atoms with Crippen LogP contribution in [0.4, 0.5) is 4.79 Å². The predicted octanol–water partition coefficient (Wildman–Crippen LogP) is 3.01. The molecule has 0 aromatic rings. The zero-order chi connectivity index (χ0) is 14.6. The summed E-state index contributed by atoms with van der Waals surface area (Å²) in [4.78, 5) is 14.2. The van der Waals surface area contributed by atoms with Gasteiger partial charge in [0.15, 0.2) is 0 Å². The second-order valence-electron chi connectivity index (χ2n) is 7.01. The number of nitrogens with two attached hydrogens (primary N) is 1. The van der Waals surface area contributed by atoms with Crippen molar-refractivity contribution in [3.8, 4) is 0 Å². The van der Waals surface area contributed by atoms with Crippen molar-refractivity contribution in [2.24, 2.45) is 17.6 Å². The van der Waals surface area contributed by atoms with Crippen molar-refractivity contribution in [1.82, 2.24) is 4.90 Å². The fourth-order valence-electron chi connectivity index (χ4n) is 2.76. The maximum Gasteiger partial charge on any atom is 0.410 e. The Bertz CT molecular complexity index is 297. The van der Waals surface area contributed by atoms with Gasteiger partial charge in [0.25, 0.3) is 0 Å². The molecule has 0 spiro atoms. The van der Waals surface area contributed by atoms with Crippen LogP contribution in [-0.2, 0) is 4.74 Å². The summed E-state index contributed by atoms with van der Waals surface area (Å²) in [6.07, 6.45) is 2.96. The first-order chi connectivity index (χ1) is 8.74. The number of ether oxygens (including phenoxy) is 1. The van der Waals surface area contributed by atoms with Crippen LogP contribution in [-0.4, -0.2) is 35.7 Å². The SMILES string of the molecule is CC(C)CC1C(CN)CCCN1C(=O)OC(C)(C)C. The number of hydrogen-bond acceptors (Lipinski definition) is 3. The Morgan fingerprint density at radius 2 is 2.05 bits per heavy atom. The summed E-state index contributed by atoms with van der Waals surface area (Å²) in [5, 5.41) is 0. The van der Waals surface area contributed by atoms with Gasteiger partial charge < -0.3 is 15.4 Å². The Kier molecular flexibility index (Phi) is 5.65. The zero-order valence-corrected chi connectivity index (χ0v) is 13.1. The van der Waals surface area contributed by atoms with E-state index in [2.05, 4.69) is 13.8 Å². The molecule has 1 amide bonds. The predicted molar refractivity (Wildman–Crippen MR) is 78.0 cm³/mol. The molecule has 0 aliphatic carbocycles. The Labute approximate surface area is 117 Å². The molecule has 4 heteroatoms. The van der Waals surface area contributed by atoms with E-state index in [4.69, 9.17) is 10.5 Å². The van der Waals surface area contributed by atoms with Crippen LogP contribution in [0.2, 0.25) is 0 Å². The fourth-order valence-corrected chi connectivity index (χ4v) is 2.76. The van der Waals surface area contributed by atoms with E-state index >= 15 is 0 Å². The second-order valence-corrected chi connectivity index (χ2v) is 7.01. The quantitative estimate of drug-likeness (QED) is 0.857. The van der Waals surface area contributed by atoms with Crippen LogP contribution in [0.3, 0.4) is 0 Å². The lowest BCUT2D eigenvalue weighted by Crippen LogP contribution is -2.52. The third-order valence-corrected chi connectivity index (χ3v) is 3.56. The molecule has 0 aromatic heterocycles. The molecule has 0 bridgehead atoms. The van der Waals surface area contributed by atoms with E-state index in [-0.39, 0.29) is 12.1 Å². The summed E-state index contributed by atoms with van der Waals surface area (Å²) >= 11 is 0. The van der Waals surface area contributed by atoms with Crippen LogP contribution in [0.1, 0.15) is 53.9 Å². The molecule has 112 valence electrons. The smallest absolute Gasteiger partial charge is 0.410 e. The Hall–Kier alpha value is -0.770. The lowest BCUT2D eigenvalue weighted by Gasteiger charge is -2.42. The summed E-state index contributed by atoms with van der Waals surface area (Å²) < 4.78 is 5.53. The van der Waals surface area contributed by atoms with Gasteiger partial charge in [-0.05, 0) is 58.4 Å². The van der Waals surface area contributed by atoms with Crippen molar-refractivity contribution in [2.45, 2.75) is 65.5 Å². The third-order valence-electron chi connectivity index (χ3n) is 3.56. The summed E-state index contributed by atoms with van der Waals surface area (Å²) in [6, 6.07) is 0.230. The van der Waals surface area contributed by atoms with Gasteiger partial charge in [0.2, 0.25) is 0 Å². The van der Waals surface area contributed by atoms with Crippen LogP contribution < -0.4 is 5.73 Å². The Balaban J connectivity index is 2.79. The Morgan fingerprint density at radius 3 is 2.53 bits per heavy atom. The average molecular weight is 270 g/mol. The molecule has 19 heavy (non-hydrogen) atoms. The normalized spacial score (nSPS) is 24.7. The van der Waals surface area contributed by atoms with Gasteiger partial charge in [0.1, 0.15) is 5.60 Å². The molecule has 2 N–H and O–H groups in total. The highest BCUT2D eigenvalue weighted by molar-refractivity contribution is 5.68. The minimum Gasteiger partial charge on any atom is -0.444 e. The topological polar surface area (TPSA) is 55.6 Å². The molecule has 1 heterocycles. The molecule has 1 fully saturated rings. The minimum atomic E-state index is -0.435. The number of rotatable bonds is 3. The highest BCUT2D eigenvalue weighted by Gasteiger charge is 2.35. The van der Waals surface area contributed by atoms with Crippen LogP contribution in [0.15, 0.2) is 0 Å². The number of carbonyl (C=O) groups excluding carboxylic acids is 1. The largest absolute Gasteiger partial charge is 0.444 e. The van der Waals surface area contributed by atoms with Gasteiger partial charge in [-0.15, -0.1) is 0 Å². The van der Waals surface area contributed by atoms with E-state index in [9.17, 15) is 4.79 Å². The van der Waals surface area contributed by atoms with Crippen molar-refractivity contribution in [2.75, 3.05) is 13.1 Å². The van der Waals surface area contributed by atoms with Crippen molar-refractivity contribution < 1.29 is 9.53 Å². The van der Waals surface area contributed by atoms with E-state index in [0.29, 0.717) is 18.4 Å².